The maximum Gasteiger partial charge on any atom is 0.248 e. The van der Waals surface area contributed by atoms with Gasteiger partial charge >= 0.3 is 0 Å². The van der Waals surface area contributed by atoms with Crippen LogP contribution in [0.1, 0.15) is 111 Å². The van der Waals surface area contributed by atoms with Crippen LogP contribution in [0.2, 0.25) is 10.0 Å². The number of nitrogens with one attached hydrogen (secondary N) is 3. The highest BCUT2D eigenvalue weighted by Gasteiger charge is 2.47. The number of carbonyl (C=O) groups is 12. The molecule has 0 aromatic heterocycles. The van der Waals surface area contributed by atoms with Gasteiger partial charge in [0.25, 0.3) is 0 Å². The van der Waals surface area contributed by atoms with Crippen LogP contribution < -0.4 is 16.0 Å². The number of fused-ring (bicyclic) bond motifs is 1. The summed E-state index contributed by atoms with van der Waals surface area (Å²) in [4.78, 5) is 187. The summed E-state index contributed by atoms with van der Waals surface area (Å²) in [5, 5.41) is 9.17. The third-order valence-corrected chi connectivity index (χ3v) is 19.0. The predicted molar refractivity (Wildman–Crippen MR) is 366 cm³/mol. The van der Waals surface area contributed by atoms with Crippen molar-refractivity contribution < 1.29 is 67.0 Å². The Balaban J connectivity index is 1.64. The van der Waals surface area contributed by atoms with Gasteiger partial charge in [0.05, 0.1) is 38.8 Å². The quantitative estimate of drug-likeness (QED) is 0.204. The molecule has 0 radical (unpaired) electrons. The second-order valence-corrected chi connectivity index (χ2v) is 27.8. The zero-order chi connectivity index (χ0) is 72.3. The SMILES string of the molecule is CCO[C@@H]1C[C@H]2C(=O)N(C)[C@@H](COCCC(C)C)C(=O)N(C)[C@@H](CC(C)C)C(=O)N[C@H](C(=O)N3CCCC3)CC(=O)N(C)[C@@H](C)C(=O)N[C@@H]([C@@H](C)CC)C(=O)N(C)CC(=O)N(C)CC(=O)N(C)[C@@H](Cc3ccc(Cl)cc3)C(=O)N(C)CC(=O)N[C@@H](Cc3cccc(Cl)c3)C(=O)N2C1. The van der Waals surface area contributed by atoms with E-state index in [1.807, 2.05) is 34.6 Å². The fourth-order valence-corrected chi connectivity index (χ4v) is 12.3. The van der Waals surface area contributed by atoms with Crippen molar-refractivity contribution in [1.29, 1.82) is 0 Å². The molecule has 0 unspecified atom stereocenters. The van der Waals surface area contributed by atoms with Gasteiger partial charge in [0, 0.05) is 111 Å². The van der Waals surface area contributed by atoms with Gasteiger partial charge in [0.1, 0.15) is 48.3 Å². The van der Waals surface area contributed by atoms with Crippen LogP contribution in [0.4, 0.5) is 0 Å². The Bertz CT molecular complexity index is 3100. The molecule has 3 saturated heterocycles. The van der Waals surface area contributed by atoms with Gasteiger partial charge in [-0.15, -0.1) is 0 Å². The Kier molecular flexibility index (Phi) is 31.0. The summed E-state index contributed by atoms with van der Waals surface area (Å²) >= 11 is 12.7. The van der Waals surface area contributed by atoms with Crippen molar-refractivity contribution in [1.82, 2.24) is 60.0 Å². The summed E-state index contributed by atoms with van der Waals surface area (Å²) in [6.45, 7) is 13.4. The molecule has 10 atom stereocenters. The van der Waals surface area contributed by atoms with Gasteiger partial charge < -0.3 is 69.5 Å². The number of amides is 12. The lowest BCUT2D eigenvalue weighted by Gasteiger charge is -2.37. The van der Waals surface area contributed by atoms with E-state index in [1.165, 1.54) is 71.0 Å². The number of likely N-dealkylation sites (tertiary alicyclic amines) is 1. The molecule has 3 fully saturated rings. The first-order valence-corrected chi connectivity index (χ1v) is 34.4. The van der Waals surface area contributed by atoms with Crippen molar-refractivity contribution in [3.05, 3.63) is 69.7 Å². The monoisotopic (exact) mass is 1390 g/mol. The van der Waals surface area contributed by atoms with E-state index in [9.17, 15) is 38.4 Å². The van der Waals surface area contributed by atoms with Crippen LogP contribution in [0.5, 0.6) is 0 Å². The van der Waals surface area contributed by atoms with Crippen LogP contribution >= 0.6 is 23.2 Å². The standard InChI is InChI=1S/C69H104Cl2N12O14/c1-16-44(7)61-69(95)77(11)39-59(86)75(9)40-60(87)79(13)54(34-46-23-25-48(70)26-24-46)66(92)76(10)38-57(84)72-51(33-47-21-20-22-49(71)32-47)65(91)83-37-50(97-17-2)35-55(83)67(93)81(15)56(41-96-30-27-42(3)4)68(94)80(14)53(31-43(5)6)63(89)73-52(64(90)82-28-18-19-29-82)36-58(85)78(12)45(8)62(88)74-61/h20-26,32,42-45,50-56,61H,16-19,27-31,33-41H2,1-15H3,(H,72,84)(H,73,89)(H,74,88)/t44-,45-,50+,51-,52-,53-,54-,55-,56-,61-/m0/s1. The highest BCUT2D eigenvalue weighted by Crippen LogP contribution is 2.27. The Morgan fingerprint density at radius 3 is 1.85 bits per heavy atom. The topological polar surface area (TPSA) is 289 Å². The zero-order valence-electron chi connectivity index (χ0n) is 59.3. The maximum absolute atomic E-state index is 15.5. The first-order chi connectivity index (χ1) is 45.7. The molecule has 2 aromatic rings. The van der Waals surface area contributed by atoms with Gasteiger partial charge in [-0.2, -0.15) is 0 Å². The minimum Gasteiger partial charge on any atom is -0.379 e. The van der Waals surface area contributed by atoms with Crippen molar-refractivity contribution >= 4 is 94.1 Å². The largest absolute Gasteiger partial charge is 0.379 e. The molecule has 538 valence electrons. The van der Waals surface area contributed by atoms with E-state index in [4.69, 9.17) is 32.7 Å². The summed E-state index contributed by atoms with van der Waals surface area (Å²) in [5.41, 5.74) is 1.13. The molecule has 3 aliphatic rings. The fraction of sp³-hybridized carbons (Fsp3) is 0.652. The smallest absolute Gasteiger partial charge is 0.248 e. The number of halogens is 2. The van der Waals surface area contributed by atoms with Crippen LogP contribution in [-0.2, 0) is 79.8 Å². The highest BCUT2D eigenvalue weighted by atomic mass is 35.5. The third kappa shape index (κ3) is 22.6. The molecule has 3 heterocycles. The first-order valence-electron chi connectivity index (χ1n) is 33.7. The summed E-state index contributed by atoms with van der Waals surface area (Å²) < 4.78 is 12.3. The molecule has 3 aliphatic heterocycles. The van der Waals surface area contributed by atoms with Crippen LogP contribution in [0.25, 0.3) is 0 Å². The van der Waals surface area contributed by atoms with Gasteiger partial charge in [-0.05, 0) is 92.7 Å². The zero-order valence-corrected chi connectivity index (χ0v) is 60.8. The number of nitrogens with zero attached hydrogens (tertiary/aromatic N) is 9. The number of hydrogen-bond donors (Lipinski definition) is 3. The first kappa shape index (κ1) is 80.3. The lowest BCUT2D eigenvalue weighted by Crippen LogP contribution is -2.61. The average Bonchev–Trinajstić information content (AvgIpc) is 1.72. The van der Waals surface area contributed by atoms with E-state index in [-0.39, 0.29) is 63.9 Å². The summed E-state index contributed by atoms with van der Waals surface area (Å²) in [5.74, 6) is -8.90. The average molecular weight is 1400 g/mol. The molecule has 28 heteroatoms. The predicted octanol–water partition coefficient (Wildman–Crippen LogP) is 3.12. The van der Waals surface area contributed by atoms with E-state index >= 15 is 19.2 Å². The normalized spacial score (nSPS) is 25.1. The summed E-state index contributed by atoms with van der Waals surface area (Å²) in [6, 6.07) is 2.66. The van der Waals surface area contributed by atoms with E-state index in [0.717, 1.165) is 24.5 Å². The van der Waals surface area contributed by atoms with E-state index in [2.05, 4.69) is 16.0 Å². The second kappa shape index (κ2) is 37.5. The third-order valence-electron chi connectivity index (χ3n) is 18.6. The highest BCUT2D eigenvalue weighted by molar-refractivity contribution is 6.30. The maximum atomic E-state index is 15.5. The molecule has 26 nitrogen and oxygen atoms in total. The van der Waals surface area contributed by atoms with Crippen LogP contribution in [0, 0.1) is 17.8 Å². The van der Waals surface area contributed by atoms with Crippen molar-refractivity contribution in [2.24, 2.45) is 17.8 Å². The molecule has 0 spiro atoms. The number of ether oxygens (including phenoxy) is 2. The molecule has 5 rings (SSSR count). The lowest BCUT2D eigenvalue weighted by molar-refractivity contribution is -0.154. The van der Waals surface area contributed by atoms with Crippen molar-refractivity contribution in [3.8, 4) is 0 Å². The molecule has 3 N–H and O–H groups in total. The minimum atomic E-state index is -1.47. The van der Waals surface area contributed by atoms with Crippen LogP contribution in [0.3, 0.4) is 0 Å². The Morgan fingerprint density at radius 2 is 1.24 bits per heavy atom. The van der Waals surface area contributed by atoms with Crippen molar-refractivity contribution in [2.45, 2.75) is 168 Å². The van der Waals surface area contributed by atoms with E-state index in [1.54, 1.807) is 67.3 Å². The Labute approximate surface area is 582 Å². The number of benzene rings is 2. The molecule has 12 amide bonds. The van der Waals surface area contributed by atoms with Crippen molar-refractivity contribution in [3.63, 3.8) is 0 Å². The molecule has 0 bridgehead atoms. The van der Waals surface area contributed by atoms with E-state index < -0.39 is 157 Å². The van der Waals surface area contributed by atoms with Crippen LogP contribution in [-0.4, -0.2) is 278 Å². The number of likely N-dealkylation sites (N-methyl/N-ethyl adjacent to an activating group) is 7. The molecular formula is C69H104Cl2N12O14. The van der Waals surface area contributed by atoms with Crippen molar-refractivity contribution in [2.75, 3.05) is 108 Å². The Hall–Kier alpha value is -7.42. The molecular weight excluding hydrogens is 1290 g/mol. The summed E-state index contributed by atoms with van der Waals surface area (Å²) in [7, 11) is 9.64. The fourth-order valence-electron chi connectivity index (χ4n) is 12.0. The Morgan fingerprint density at radius 1 is 0.608 bits per heavy atom. The van der Waals surface area contributed by atoms with E-state index in [0.29, 0.717) is 59.9 Å². The van der Waals surface area contributed by atoms with Gasteiger partial charge in [-0.1, -0.05) is 95.4 Å². The second-order valence-electron chi connectivity index (χ2n) is 26.9. The van der Waals surface area contributed by atoms with Gasteiger partial charge in [0.2, 0.25) is 70.9 Å². The molecule has 2 aromatic carbocycles. The lowest BCUT2D eigenvalue weighted by atomic mass is 9.97. The number of rotatable bonds is 16. The molecule has 0 saturated carbocycles. The molecule has 97 heavy (non-hydrogen) atoms. The minimum absolute atomic E-state index is 0.0224. The number of hydrogen-bond acceptors (Lipinski definition) is 14. The number of carbonyl (C=O) groups excluding carboxylic acids is 12. The summed E-state index contributed by atoms with van der Waals surface area (Å²) in [6.07, 6.45) is 0.892. The van der Waals surface area contributed by atoms with Crippen LogP contribution in [0.15, 0.2) is 48.5 Å². The molecule has 0 aliphatic carbocycles. The van der Waals surface area contributed by atoms with Gasteiger partial charge in [0.15, 0.2) is 0 Å². The van der Waals surface area contributed by atoms with Gasteiger partial charge in [-0.25, -0.2) is 0 Å². The van der Waals surface area contributed by atoms with Gasteiger partial charge in [-0.3, -0.25) is 57.5 Å².